The molecule has 2 N–H and O–H groups in total. The summed E-state index contributed by atoms with van der Waals surface area (Å²) >= 11 is 0. The van der Waals surface area contributed by atoms with Gasteiger partial charge in [0.2, 0.25) is 0 Å². The summed E-state index contributed by atoms with van der Waals surface area (Å²) in [6.07, 6.45) is 0. The van der Waals surface area contributed by atoms with E-state index < -0.39 is 0 Å². The zero-order chi connectivity index (χ0) is 10.0. The van der Waals surface area contributed by atoms with Crippen LogP contribution in [-0.4, -0.2) is 4.92 Å². The van der Waals surface area contributed by atoms with Gasteiger partial charge in [-0.1, -0.05) is 5.56 Å². The lowest BCUT2D eigenvalue weighted by molar-refractivity contribution is -0.386. The van der Waals surface area contributed by atoms with Crippen LogP contribution in [0.5, 0.6) is 0 Å². The molecule has 0 radical (unpaired) electrons. The van der Waals surface area contributed by atoms with Gasteiger partial charge in [0.15, 0.2) is 0 Å². The number of rotatable bonds is 2. The maximum Gasteiger partial charge on any atom is 0.276 e. The Morgan fingerprint density at radius 1 is 1.46 bits per heavy atom. The molecule has 0 aliphatic heterocycles. The molecule has 0 aliphatic carbocycles. The second-order valence-electron chi connectivity index (χ2n) is 3.05. The van der Waals surface area contributed by atoms with Gasteiger partial charge in [-0.15, -0.1) is 0 Å². The minimum absolute atomic E-state index is 0.146. The van der Waals surface area contributed by atoms with E-state index in [-0.39, 0.29) is 17.2 Å². The highest BCUT2D eigenvalue weighted by Gasteiger charge is 2.15. The molecule has 1 aromatic rings. The van der Waals surface area contributed by atoms with Crippen LogP contribution in [0.25, 0.3) is 0 Å². The van der Waals surface area contributed by atoms with Crippen LogP contribution in [0, 0.1) is 24.0 Å². The molecule has 4 heteroatoms. The van der Waals surface area contributed by atoms with Crippen molar-refractivity contribution in [2.45, 2.75) is 20.4 Å². The van der Waals surface area contributed by atoms with Gasteiger partial charge in [-0.2, -0.15) is 0 Å². The lowest BCUT2D eigenvalue weighted by atomic mass is 10.0. The Morgan fingerprint density at radius 2 is 2.08 bits per heavy atom. The van der Waals surface area contributed by atoms with Gasteiger partial charge in [0.05, 0.1) is 4.92 Å². The second-order valence-corrected chi connectivity index (χ2v) is 3.05. The summed E-state index contributed by atoms with van der Waals surface area (Å²) in [5.41, 5.74) is 7.84. The third-order valence-corrected chi connectivity index (χ3v) is 1.93. The highest BCUT2D eigenvalue weighted by molar-refractivity contribution is 5.49. The molecule has 4 nitrogen and oxygen atoms in total. The van der Waals surface area contributed by atoms with Crippen LogP contribution in [0.2, 0.25) is 0 Å². The molecule has 0 aromatic heterocycles. The topological polar surface area (TPSA) is 69.2 Å². The number of nitrogens with two attached hydrogens (primary N) is 1. The molecule has 0 spiro atoms. The molecule has 0 saturated heterocycles. The van der Waals surface area contributed by atoms with Crippen molar-refractivity contribution >= 4 is 5.69 Å². The minimum atomic E-state index is -0.378. The van der Waals surface area contributed by atoms with Crippen molar-refractivity contribution in [2.75, 3.05) is 0 Å². The van der Waals surface area contributed by atoms with Gasteiger partial charge < -0.3 is 5.73 Å². The van der Waals surface area contributed by atoms with Gasteiger partial charge in [0.1, 0.15) is 0 Å². The van der Waals surface area contributed by atoms with Crippen LogP contribution in [0.4, 0.5) is 5.69 Å². The van der Waals surface area contributed by atoms with E-state index in [1.54, 1.807) is 19.1 Å². The predicted octanol–water partition coefficient (Wildman–Crippen LogP) is 1.67. The van der Waals surface area contributed by atoms with Crippen molar-refractivity contribution in [3.63, 3.8) is 0 Å². The standard InChI is InChI=1S/C9H12N2O2/c1-6-3-7(2)9(11(12)13)8(4-6)5-10/h3-4H,5,10H2,1-2H3. The first-order valence-corrected chi connectivity index (χ1v) is 4.01. The smallest absolute Gasteiger partial charge is 0.276 e. The van der Waals surface area contributed by atoms with Gasteiger partial charge in [-0.05, 0) is 26.0 Å². The van der Waals surface area contributed by atoms with E-state index in [0.29, 0.717) is 11.1 Å². The first kappa shape index (κ1) is 9.67. The van der Waals surface area contributed by atoms with E-state index >= 15 is 0 Å². The van der Waals surface area contributed by atoms with E-state index in [0.717, 1.165) is 5.56 Å². The summed E-state index contributed by atoms with van der Waals surface area (Å²) in [4.78, 5) is 10.3. The molecule has 0 amide bonds. The fourth-order valence-electron chi connectivity index (χ4n) is 1.46. The number of benzene rings is 1. The van der Waals surface area contributed by atoms with Crippen molar-refractivity contribution in [2.24, 2.45) is 5.73 Å². The molecular weight excluding hydrogens is 168 g/mol. The van der Waals surface area contributed by atoms with Crippen LogP contribution in [0.15, 0.2) is 12.1 Å². The van der Waals surface area contributed by atoms with Gasteiger partial charge in [0, 0.05) is 17.7 Å². The van der Waals surface area contributed by atoms with Gasteiger partial charge in [-0.3, -0.25) is 10.1 Å². The molecular formula is C9H12N2O2. The van der Waals surface area contributed by atoms with Crippen LogP contribution in [0.1, 0.15) is 16.7 Å². The zero-order valence-electron chi connectivity index (χ0n) is 7.70. The highest BCUT2D eigenvalue weighted by Crippen LogP contribution is 2.24. The van der Waals surface area contributed by atoms with Gasteiger partial charge in [0.25, 0.3) is 5.69 Å². The van der Waals surface area contributed by atoms with Crippen LogP contribution >= 0.6 is 0 Å². The minimum Gasteiger partial charge on any atom is -0.326 e. The van der Waals surface area contributed by atoms with Crippen molar-refractivity contribution in [1.82, 2.24) is 0 Å². The zero-order valence-corrected chi connectivity index (χ0v) is 7.70. The molecule has 0 bridgehead atoms. The van der Waals surface area contributed by atoms with Crippen molar-refractivity contribution in [3.05, 3.63) is 38.9 Å². The average molecular weight is 180 g/mol. The molecule has 1 rings (SSSR count). The molecule has 0 heterocycles. The van der Waals surface area contributed by atoms with Gasteiger partial charge >= 0.3 is 0 Å². The number of nitrogens with zero attached hydrogens (tertiary/aromatic N) is 1. The first-order chi connectivity index (χ1) is 6.06. The van der Waals surface area contributed by atoms with Crippen LogP contribution in [-0.2, 0) is 6.54 Å². The molecule has 70 valence electrons. The summed E-state index contributed by atoms with van der Waals surface area (Å²) in [7, 11) is 0. The monoisotopic (exact) mass is 180 g/mol. The fourth-order valence-corrected chi connectivity index (χ4v) is 1.46. The number of nitro groups is 1. The number of aryl methyl sites for hydroxylation is 2. The normalized spacial score (nSPS) is 10.1. The van der Waals surface area contributed by atoms with Crippen molar-refractivity contribution in [1.29, 1.82) is 0 Å². The Kier molecular flexibility index (Phi) is 2.63. The van der Waals surface area contributed by atoms with E-state index in [1.165, 1.54) is 0 Å². The second kappa shape index (κ2) is 3.53. The molecule has 1 aromatic carbocycles. The Labute approximate surface area is 76.5 Å². The maximum absolute atomic E-state index is 10.7. The molecule has 13 heavy (non-hydrogen) atoms. The molecule has 0 fully saturated rings. The summed E-state index contributed by atoms with van der Waals surface area (Å²) in [5.74, 6) is 0. The summed E-state index contributed by atoms with van der Waals surface area (Å²) in [5, 5.41) is 10.7. The Bertz CT molecular complexity index is 348. The molecule has 0 atom stereocenters. The SMILES string of the molecule is Cc1cc(C)c([N+](=O)[O-])c(CN)c1. The number of hydrogen-bond donors (Lipinski definition) is 1. The van der Waals surface area contributed by atoms with E-state index in [9.17, 15) is 10.1 Å². The largest absolute Gasteiger partial charge is 0.326 e. The third kappa shape index (κ3) is 1.84. The molecule has 0 aliphatic rings. The summed E-state index contributed by atoms with van der Waals surface area (Å²) in [6.45, 7) is 3.83. The van der Waals surface area contributed by atoms with Crippen molar-refractivity contribution in [3.8, 4) is 0 Å². The predicted molar refractivity (Wildman–Crippen MR) is 50.5 cm³/mol. The van der Waals surface area contributed by atoms with Crippen LogP contribution in [0.3, 0.4) is 0 Å². The first-order valence-electron chi connectivity index (χ1n) is 4.01. The van der Waals surface area contributed by atoms with E-state index in [1.807, 2.05) is 6.92 Å². The number of hydrogen-bond acceptors (Lipinski definition) is 3. The van der Waals surface area contributed by atoms with Gasteiger partial charge in [-0.25, -0.2) is 0 Å². The van der Waals surface area contributed by atoms with Crippen molar-refractivity contribution < 1.29 is 4.92 Å². The number of nitro benzene ring substituents is 1. The molecule has 0 saturated carbocycles. The van der Waals surface area contributed by atoms with E-state index in [4.69, 9.17) is 5.73 Å². The average Bonchev–Trinajstić information content (AvgIpc) is 2.01. The Morgan fingerprint density at radius 3 is 2.54 bits per heavy atom. The van der Waals surface area contributed by atoms with E-state index in [2.05, 4.69) is 0 Å². The maximum atomic E-state index is 10.7. The molecule has 0 unspecified atom stereocenters. The third-order valence-electron chi connectivity index (χ3n) is 1.93. The Balaban J connectivity index is 3.38. The fraction of sp³-hybridized carbons (Fsp3) is 0.333. The highest BCUT2D eigenvalue weighted by atomic mass is 16.6. The summed E-state index contributed by atoms with van der Waals surface area (Å²) < 4.78 is 0. The lowest BCUT2D eigenvalue weighted by Gasteiger charge is -2.04. The Hall–Kier alpha value is -1.42. The quantitative estimate of drug-likeness (QED) is 0.556. The lowest BCUT2D eigenvalue weighted by Crippen LogP contribution is -2.04. The van der Waals surface area contributed by atoms with Crippen LogP contribution < -0.4 is 5.73 Å². The summed E-state index contributed by atoms with van der Waals surface area (Å²) in [6, 6.07) is 3.54.